The van der Waals surface area contributed by atoms with Gasteiger partial charge in [-0.1, -0.05) is 44.4 Å². The van der Waals surface area contributed by atoms with Crippen LogP contribution in [-0.2, 0) is 19.1 Å². The molecule has 0 bridgehead atoms. The van der Waals surface area contributed by atoms with Gasteiger partial charge in [0, 0.05) is 18.4 Å². The lowest BCUT2D eigenvalue weighted by Crippen LogP contribution is -2.32. The van der Waals surface area contributed by atoms with Crippen molar-refractivity contribution in [2.75, 3.05) is 25.7 Å². The molecule has 1 aromatic rings. The molecule has 0 aromatic heterocycles. The molecular formula is C19H25NO4. The number of anilines is 1. The van der Waals surface area contributed by atoms with E-state index in [4.69, 9.17) is 9.47 Å². The molecule has 1 heterocycles. The number of para-hydroxylation sites is 1. The van der Waals surface area contributed by atoms with Gasteiger partial charge in [-0.2, -0.15) is 0 Å². The first-order valence-electron chi connectivity index (χ1n) is 8.37. The summed E-state index contributed by atoms with van der Waals surface area (Å²) >= 11 is 0. The molecule has 0 saturated carbocycles. The van der Waals surface area contributed by atoms with Crippen molar-refractivity contribution < 1.29 is 19.1 Å². The fourth-order valence-electron chi connectivity index (χ4n) is 3.03. The van der Waals surface area contributed by atoms with E-state index in [2.05, 4.69) is 6.92 Å². The molecule has 2 rings (SSSR count). The summed E-state index contributed by atoms with van der Waals surface area (Å²) in [5.74, 6) is -1.70. The van der Waals surface area contributed by atoms with Crippen LogP contribution < -0.4 is 4.90 Å². The van der Waals surface area contributed by atoms with Gasteiger partial charge in [-0.3, -0.25) is 4.79 Å². The van der Waals surface area contributed by atoms with Gasteiger partial charge in [0.1, 0.15) is 5.92 Å². The van der Waals surface area contributed by atoms with Gasteiger partial charge in [0.25, 0.3) is 0 Å². The number of methoxy groups -OCH3 is 2. The van der Waals surface area contributed by atoms with Gasteiger partial charge in [0.2, 0.25) is 0 Å². The number of fused-ring (bicyclic) bond motifs is 1. The number of ether oxygens (including phenoxy) is 2. The Morgan fingerprint density at radius 2 is 1.83 bits per heavy atom. The van der Waals surface area contributed by atoms with Gasteiger partial charge in [-0.05, 0) is 18.1 Å². The molecule has 0 unspecified atom stereocenters. The quantitative estimate of drug-likeness (QED) is 0.566. The first-order chi connectivity index (χ1) is 11.6. The highest BCUT2D eigenvalue weighted by atomic mass is 16.5. The van der Waals surface area contributed by atoms with E-state index in [0.717, 1.165) is 30.6 Å². The number of hydrogen-bond donors (Lipinski definition) is 0. The number of hydrogen-bond acceptors (Lipinski definition) is 5. The third-order valence-electron chi connectivity index (χ3n) is 4.27. The predicted octanol–water partition coefficient (Wildman–Crippen LogP) is 3.40. The van der Waals surface area contributed by atoms with Crippen LogP contribution in [0.4, 0.5) is 5.69 Å². The number of carbonyl (C=O) groups excluding carboxylic acids is 2. The molecule has 0 saturated heterocycles. The SMILES string of the molecule is CCCCCCN1C=C(C(=O)OC)[C@@H](C(=O)OC)c2ccccc21. The van der Waals surface area contributed by atoms with Crippen molar-refractivity contribution in [2.45, 2.75) is 38.5 Å². The fourth-order valence-corrected chi connectivity index (χ4v) is 3.03. The van der Waals surface area contributed by atoms with Crippen molar-refractivity contribution in [3.05, 3.63) is 41.6 Å². The molecule has 1 aromatic carbocycles. The van der Waals surface area contributed by atoms with Crippen LogP contribution in [0.5, 0.6) is 0 Å². The zero-order chi connectivity index (χ0) is 17.5. The number of nitrogens with zero attached hydrogens (tertiary/aromatic N) is 1. The summed E-state index contributed by atoms with van der Waals surface area (Å²) in [4.78, 5) is 26.5. The van der Waals surface area contributed by atoms with Crippen molar-refractivity contribution in [1.29, 1.82) is 0 Å². The minimum Gasteiger partial charge on any atom is -0.468 e. The maximum Gasteiger partial charge on any atom is 0.336 e. The van der Waals surface area contributed by atoms with E-state index in [0.29, 0.717) is 5.57 Å². The number of rotatable bonds is 7. The summed E-state index contributed by atoms with van der Waals surface area (Å²) in [6.07, 6.45) is 6.26. The van der Waals surface area contributed by atoms with Crippen LogP contribution in [0.1, 0.15) is 44.1 Å². The van der Waals surface area contributed by atoms with Crippen LogP contribution in [0.2, 0.25) is 0 Å². The Morgan fingerprint density at radius 3 is 2.50 bits per heavy atom. The molecule has 0 N–H and O–H groups in total. The van der Waals surface area contributed by atoms with Gasteiger partial charge in [0.05, 0.1) is 19.8 Å². The van der Waals surface area contributed by atoms with E-state index in [9.17, 15) is 9.59 Å². The van der Waals surface area contributed by atoms with E-state index < -0.39 is 17.9 Å². The summed E-state index contributed by atoms with van der Waals surface area (Å²) < 4.78 is 9.79. The Hall–Kier alpha value is -2.30. The lowest BCUT2D eigenvalue weighted by atomic mass is 9.87. The normalized spacial score (nSPS) is 16.2. The standard InChI is InChI=1S/C19H25NO4/c1-4-5-6-9-12-20-13-15(18(21)23-2)17(19(22)24-3)14-10-7-8-11-16(14)20/h7-8,10-11,13,17H,4-6,9,12H2,1-3H3/t17-/m0/s1. The summed E-state index contributed by atoms with van der Waals surface area (Å²) in [5, 5.41) is 0. The number of esters is 2. The molecule has 24 heavy (non-hydrogen) atoms. The van der Waals surface area contributed by atoms with E-state index in [1.807, 2.05) is 29.2 Å². The van der Waals surface area contributed by atoms with Crippen LogP contribution >= 0.6 is 0 Å². The van der Waals surface area contributed by atoms with Gasteiger partial charge in [-0.25, -0.2) is 4.79 Å². The second-order valence-electron chi connectivity index (χ2n) is 5.85. The number of carbonyl (C=O) groups is 2. The van der Waals surface area contributed by atoms with Gasteiger partial charge >= 0.3 is 11.9 Å². The second kappa shape index (κ2) is 8.52. The third kappa shape index (κ3) is 3.78. The molecule has 130 valence electrons. The average Bonchev–Trinajstić information content (AvgIpc) is 2.63. The van der Waals surface area contributed by atoms with Crippen molar-refractivity contribution in [3.63, 3.8) is 0 Å². The van der Waals surface area contributed by atoms with E-state index in [1.54, 1.807) is 6.20 Å². The average molecular weight is 331 g/mol. The molecular weight excluding hydrogens is 306 g/mol. The first kappa shape index (κ1) is 18.0. The topological polar surface area (TPSA) is 55.8 Å². The van der Waals surface area contributed by atoms with Crippen LogP contribution in [0, 0.1) is 0 Å². The van der Waals surface area contributed by atoms with Crippen LogP contribution in [0.25, 0.3) is 0 Å². The summed E-state index contributed by atoms with van der Waals surface area (Å²) in [5.41, 5.74) is 2.04. The van der Waals surface area contributed by atoms with Crippen molar-refractivity contribution in [3.8, 4) is 0 Å². The largest absolute Gasteiger partial charge is 0.468 e. The Bertz CT molecular complexity index is 624. The van der Waals surface area contributed by atoms with E-state index in [1.165, 1.54) is 27.1 Å². The Labute approximate surface area is 143 Å². The van der Waals surface area contributed by atoms with Crippen molar-refractivity contribution in [1.82, 2.24) is 0 Å². The number of benzene rings is 1. The summed E-state index contributed by atoms with van der Waals surface area (Å²) in [6.45, 7) is 2.97. The Morgan fingerprint density at radius 1 is 1.08 bits per heavy atom. The summed E-state index contributed by atoms with van der Waals surface area (Å²) in [6, 6.07) is 7.63. The molecule has 0 amide bonds. The van der Waals surface area contributed by atoms with Crippen LogP contribution in [0.3, 0.4) is 0 Å². The predicted molar refractivity (Wildman–Crippen MR) is 92.8 cm³/mol. The zero-order valence-electron chi connectivity index (χ0n) is 14.6. The first-order valence-corrected chi connectivity index (χ1v) is 8.37. The lowest BCUT2D eigenvalue weighted by Gasteiger charge is -2.32. The fraction of sp³-hybridized carbons (Fsp3) is 0.474. The van der Waals surface area contributed by atoms with Crippen molar-refractivity contribution >= 4 is 17.6 Å². The van der Waals surface area contributed by atoms with Gasteiger partial charge in [0.15, 0.2) is 0 Å². The van der Waals surface area contributed by atoms with Gasteiger partial charge in [-0.15, -0.1) is 0 Å². The maximum absolute atomic E-state index is 12.3. The molecule has 1 aliphatic heterocycles. The third-order valence-corrected chi connectivity index (χ3v) is 4.27. The highest BCUT2D eigenvalue weighted by Crippen LogP contribution is 2.39. The highest BCUT2D eigenvalue weighted by Gasteiger charge is 2.37. The molecule has 0 radical (unpaired) electrons. The maximum atomic E-state index is 12.3. The smallest absolute Gasteiger partial charge is 0.336 e. The van der Waals surface area contributed by atoms with E-state index >= 15 is 0 Å². The Kier molecular flexibility index (Phi) is 6.41. The minimum absolute atomic E-state index is 0.318. The number of unbranched alkanes of at least 4 members (excludes halogenated alkanes) is 3. The van der Waals surface area contributed by atoms with Crippen molar-refractivity contribution in [2.24, 2.45) is 0 Å². The monoisotopic (exact) mass is 331 g/mol. The molecule has 0 spiro atoms. The lowest BCUT2D eigenvalue weighted by molar-refractivity contribution is -0.144. The van der Waals surface area contributed by atoms with Gasteiger partial charge < -0.3 is 14.4 Å². The Balaban J connectivity index is 2.38. The zero-order valence-corrected chi connectivity index (χ0v) is 14.6. The molecule has 5 heteroatoms. The van der Waals surface area contributed by atoms with Crippen LogP contribution in [0.15, 0.2) is 36.0 Å². The second-order valence-corrected chi connectivity index (χ2v) is 5.85. The molecule has 1 aliphatic rings. The van der Waals surface area contributed by atoms with Crippen LogP contribution in [-0.4, -0.2) is 32.7 Å². The molecule has 5 nitrogen and oxygen atoms in total. The molecule has 0 fully saturated rings. The molecule has 1 atom stereocenters. The van der Waals surface area contributed by atoms with E-state index in [-0.39, 0.29) is 0 Å². The minimum atomic E-state index is -0.745. The molecule has 0 aliphatic carbocycles. The summed E-state index contributed by atoms with van der Waals surface area (Å²) in [7, 11) is 2.65. The highest BCUT2D eigenvalue weighted by molar-refractivity contribution is 6.01.